The molecule has 1 atom stereocenters. The number of aryl methyl sites for hydroxylation is 4. The van der Waals surface area contributed by atoms with Crippen LogP contribution in [0.25, 0.3) is 0 Å². The van der Waals surface area contributed by atoms with E-state index < -0.39 is 0 Å². The molecule has 0 fully saturated rings. The van der Waals surface area contributed by atoms with Gasteiger partial charge < -0.3 is 0 Å². The lowest BCUT2D eigenvalue weighted by atomic mass is 9.84. The molecule has 0 radical (unpaired) electrons. The van der Waals surface area contributed by atoms with E-state index in [1.165, 1.54) is 22.3 Å². The van der Waals surface area contributed by atoms with Gasteiger partial charge in [0.2, 0.25) is 0 Å². The van der Waals surface area contributed by atoms with Crippen LogP contribution in [0.1, 0.15) is 56.1 Å². The molecule has 0 spiro atoms. The summed E-state index contributed by atoms with van der Waals surface area (Å²) in [7, 11) is 0. The van der Waals surface area contributed by atoms with Crippen LogP contribution in [-0.2, 0) is 0 Å². The van der Waals surface area contributed by atoms with Crippen molar-refractivity contribution in [3.63, 3.8) is 0 Å². The number of benzene rings is 3. The molecule has 1 nitrogen and oxygen atoms in total. The fourth-order valence-corrected chi connectivity index (χ4v) is 3.82. The molecule has 0 aromatic heterocycles. The Morgan fingerprint density at radius 1 is 0.731 bits per heavy atom. The fourth-order valence-electron chi connectivity index (χ4n) is 3.82. The van der Waals surface area contributed by atoms with Gasteiger partial charge in [0.05, 0.1) is 0 Å². The predicted octanol–water partition coefficient (Wildman–Crippen LogP) is 6.33. The van der Waals surface area contributed by atoms with E-state index in [-0.39, 0.29) is 11.7 Å². The molecule has 1 heteroatoms. The monoisotopic (exact) mass is 342 g/mol. The average molecular weight is 342 g/mol. The van der Waals surface area contributed by atoms with Gasteiger partial charge in [0.25, 0.3) is 0 Å². The number of hydrogen-bond donors (Lipinski definition) is 0. The molecule has 0 bridgehead atoms. The molecule has 0 aliphatic rings. The molecule has 0 amide bonds. The average Bonchev–Trinajstić information content (AvgIpc) is 2.60. The maximum Gasteiger partial charge on any atom is 0.164 e. The van der Waals surface area contributed by atoms with E-state index in [1.807, 2.05) is 32.0 Å². The number of hydrogen-bond acceptors (Lipinski definition) is 1. The summed E-state index contributed by atoms with van der Waals surface area (Å²) in [5.74, 6) is 0.291. The second kappa shape index (κ2) is 7.70. The van der Waals surface area contributed by atoms with Crippen molar-refractivity contribution < 1.29 is 4.79 Å². The van der Waals surface area contributed by atoms with Gasteiger partial charge in [-0.3, -0.25) is 4.79 Å². The number of Topliss-reactive ketones (excluding diaryl/α,β-unsaturated/α-hetero) is 1. The lowest BCUT2D eigenvalue weighted by molar-refractivity contribution is 0.0976. The molecule has 3 aromatic carbocycles. The number of rotatable bonds is 5. The molecule has 0 N–H and O–H groups in total. The first-order valence-corrected chi connectivity index (χ1v) is 9.18. The zero-order chi connectivity index (χ0) is 18.7. The van der Waals surface area contributed by atoms with Crippen molar-refractivity contribution in [1.29, 1.82) is 0 Å². The van der Waals surface area contributed by atoms with Crippen molar-refractivity contribution in [2.45, 2.75) is 40.0 Å². The van der Waals surface area contributed by atoms with Crippen LogP contribution >= 0.6 is 0 Å². The third-order valence-corrected chi connectivity index (χ3v) is 5.03. The Kier molecular flexibility index (Phi) is 5.37. The lowest BCUT2D eigenvalue weighted by Gasteiger charge is -2.19. The van der Waals surface area contributed by atoms with E-state index in [0.717, 1.165) is 16.7 Å². The van der Waals surface area contributed by atoms with Gasteiger partial charge in [0.15, 0.2) is 5.78 Å². The summed E-state index contributed by atoms with van der Waals surface area (Å²) in [4.78, 5) is 13.2. The highest BCUT2D eigenvalue weighted by atomic mass is 16.1. The number of carbonyl (C=O) groups is 1. The Hall–Kier alpha value is -2.67. The van der Waals surface area contributed by atoms with Crippen LogP contribution in [0, 0.1) is 27.7 Å². The highest BCUT2D eigenvalue weighted by Crippen LogP contribution is 2.31. The normalized spacial score (nSPS) is 12.0. The first-order chi connectivity index (χ1) is 12.5. The maximum atomic E-state index is 13.2. The summed E-state index contributed by atoms with van der Waals surface area (Å²) in [6.45, 7) is 8.24. The Balaban J connectivity index is 1.99. The molecule has 26 heavy (non-hydrogen) atoms. The van der Waals surface area contributed by atoms with Gasteiger partial charge in [0, 0.05) is 17.9 Å². The first kappa shape index (κ1) is 18.1. The maximum absolute atomic E-state index is 13.2. The van der Waals surface area contributed by atoms with Crippen LogP contribution < -0.4 is 0 Å². The summed E-state index contributed by atoms with van der Waals surface area (Å²) in [5, 5.41) is 0. The van der Waals surface area contributed by atoms with E-state index in [4.69, 9.17) is 0 Å². The van der Waals surface area contributed by atoms with Crippen molar-refractivity contribution in [1.82, 2.24) is 0 Å². The third-order valence-electron chi connectivity index (χ3n) is 5.03. The molecule has 0 unspecified atom stereocenters. The van der Waals surface area contributed by atoms with Gasteiger partial charge in [-0.2, -0.15) is 0 Å². The van der Waals surface area contributed by atoms with Crippen molar-refractivity contribution in [3.8, 4) is 0 Å². The van der Waals surface area contributed by atoms with Crippen molar-refractivity contribution in [2.24, 2.45) is 0 Å². The number of carbonyl (C=O) groups excluding carboxylic acids is 1. The Labute approximate surface area is 156 Å². The largest absolute Gasteiger partial charge is 0.294 e. The summed E-state index contributed by atoms with van der Waals surface area (Å²) in [6, 6.07) is 23.1. The van der Waals surface area contributed by atoms with Gasteiger partial charge in [-0.05, 0) is 49.9 Å². The molecule has 3 rings (SSSR count). The third kappa shape index (κ3) is 3.94. The van der Waals surface area contributed by atoms with Crippen LogP contribution in [0.5, 0.6) is 0 Å². The molecule has 0 aliphatic carbocycles. The predicted molar refractivity (Wildman–Crippen MR) is 109 cm³/mol. The summed E-state index contributed by atoms with van der Waals surface area (Å²) < 4.78 is 0. The van der Waals surface area contributed by atoms with Crippen molar-refractivity contribution >= 4 is 5.78 Å². The van der Waals surface area contributed by atoms with E-state index in [9.17, 15) is 4.79 Å². The second-order valence-electron chi connectivity index (χ2n) is 7.27. The fraction of sp³-hybridized carbons (Fsp3) is 0.240. The van der Waals surface area contributed by atoms with Crippen LogP contribution in [-0.4, -0.2) is 5.78 Å². The zero-order valence-electron chi connectivity index (χ0n) is 16.0. The van der Waals surface area contributed by atoms with Crippen molar-refractivity contribution in [3.05, 3.63) is 106 Å². The molecule has 0 saturated carbocycles. The molecular formula is C25H26O. The SMILES string of the molecule is Cc1ccc([C@@H](CC(=O)c2c(C)cc(C)cc2C)c2ccccc2)cc1. The van der Waals surface area contributed by atoms with Crippen LogP contribution in [0.15, 0.2) is 66.7 Å². The Morgan fingerprint density at radius 2 is 1.27 bits per heavy atom. The summed E-state index contributed by atoms with van der Waals surface area (Å²) >= 11 is 0. The number of ketones is 1. The quantitative estimate of drug-likeness (QED) is 0.495. The van der Waals surface area contributed by atoms with Crippen LogP contribution in [0.4, 0.5) is 0 Å². The minimum absolute atomic E-state index is 0.0735. The summed E-state index contributed by atoms with van der Waals surface area (Å²) in [6.07, 6.45) is 0.484. The Bertz CT molecular complexity index is 882. The second-order valence-corrected chi connectivity index (χ2v) is 7.27. The molecule has 0 heterocycles. The van der Waals surface area contributed by atoms with Gasteiger partial charge in [-0.15, -0.1) is 0 Å². The zero-order valence-corrected chi connectivity index (χ0v) is 16.0. The molecular weight excluding hydrogens is 316 g/mol. The molecule has 132 valence electrons. The minimum atomic E-state index is 0.0735. The minimum Gasteiger partial charge on any atom is -0.294 e. The van der Waals surface area contributed by atoms with E-state index >= 15 is 0 Å². The van der Waals surface area contributed by atoms with E-state index in [1.54, 1.807) is 0 Å². The van der Waals surface area contributed by atoms with E-state index in [0.29, 0.717) is 6.42 Å². The van der Waals surface area contributed by atoms with Crippen molar-refractivity contribution in [2.75, 3.05) is 0 Å². The highest BCUT2D eigenvalue weighted by molar-refractivity contribution is 5.99. The smallest absolute Gasteiger partial charge is 0.164 e. The van der Waals surface area contributed by atoms with Gasteiger partial charge in [-0.25, -0.2) is 0 Å². The van der Waals surface area contributed by atoms with Gasteiger partial charge in [0.1, 0.15) is 0 Å². The van der Waals surface area contributed by atoms with Gasteiger partial charge >= 0.3 is 0 Å². The van der Waals surface area contributed by atoms with Crippen LogP contribution in [0.3, 0.4) is 0 Å². The molecule has 3 aromatic rings. The highest BCUT2D eigenvalue weighted by Gasteiger charge is 2.21. The first-order valence-electron chi connectivity index (χ1n) is 9.18. The van der Waals surface area contributed by atoms with E-state index in [2.05, 4.69) is 62.4 Å². The molecule has 0 saturated heterocycles. The Morgan fingerprint density at radius 3 is 1.85 bits per heavy atom. The molecule has 0 aliphatic heterocycles. The topological polar surface area (TPSA) is 17.1 Å². The lowest BCUT2D eigenvalue weighted by Crippen LogP contribution is -2.12. The summed E-state index contributed by atoms with van der Waals surface area (Å²) in [5.41, 5.74) is 7.84. The van der Waals surface area contributed by atoms with Gasteiger partial charge in [-0.1, -0.05) is 77.9 Å². The standard InChI is InChI=1S/C25H26O/c1-17-10-12-22(13-11-17)23(21-8-6-5-7-9-21)16-24(26)25-19(3)14-18(2)15-20(25)4/h5-15,23H,16H2,1-4H3/t23-/m0/s1. The van der Waals surface area contributed by atoms with Crippen LogP contribution in [0.2, 0.25) is 0 Å².